The Bertz CT molecular complexity index is 436. The van der Waals surface area contributed by atoms with Crippen LogP contribution < -0.4 is 11.4 Å². The zero-order valence-electron chi connectivity index (χ0n) is 8.48. The molecule has 2 rings (SSSR count). The van der Waals surface area contributed by atoms with Gasteiger partial charge in [-0.3, -0.25) is 4.57 Å². The molecule has 0 aliphatic carbocycles. The molecule has 88 valence electrons. The molecule has 0 spiro atoms. The molecule has 0 radical (unpaired) electrons. The molecule has 0 bridgehead atoms. The molecule has 2 heterocycles. The minimum absolute atomic E-state index is 0.00459. The van der Waals surface area contributed by atoms with Crippen molar-refractivity contribution in [3.63, 3.8) is 0 Å². The lowest BCUT2D eigenvalue weighted by atomic mass is 10.2. The first kappa shape index (κ1) is 11.4. The second-order valence-corrected chi connectivity index (χ2v) is 5.10. The van der Waals surface area contributed by atoms with Crippen LogP contribution in [0.3, 0.4) is 0 Å². The highest BCUT2D eigenvalue weighted by Gasteiger charge is 2.35. The monoisotopic (exact) mass is 243 g/mol. The standard InChI is InChI=1S/C9H13N3O3S/c10-7-1-2-12(9(15)11-7)8-6(14)3-5(4-13)16-8/h1-2,5-6,8,13-14H,3-4H2,(H2,10,11,15)/t5-,6?,8?/m0/s1. The first-order valence-corrected chi connectivity index (χ1v) is 5.85. The van der Waals surface area contributed by atoms with E-state index in [1.807, 2.05) is 0 Å². The van der Waals surface area contributed by atoms with Gasteiger partial charge in [0.1, 0.15) is 11.2 Å². The third-order valence-electron chi connectivity index (χ3n) is 2.49. The average molecular weight is 243 g/mol. The summed E-state index contributed by atoms with van der Waals surface area (Å²) in [5, 5.41) is 18.4. The van der Waals surface area contributed by atoms with Crippen LogP contribution in [0.15, 0.2) is 17.1 Å². The van der Waals surface area contributed by atoms with Crippen molar-refractivity contribution < 1.29 is 10.2 Å². The predicted molar refractivity (Wildman–Crippen MR) is 61.0 cm³/mol. The maximum absolute atomic E-state index is 11.6. The van der Waals surface area contributed by atoms with Crippen molar-refractivity contribution >= 4 is 17.6 Å². The van der Waals surface area contributed by atoms with Crippen molar-refractivity contribution in [2.45, 2.75) is 23.1 Å². The molecule has 1 aromatic rings. The molecule has 0 saturated carbocycles. The van der Waals surface area contributed by atoms with Crippen LogP contribution in [0.4, 0.5) is 5.82 Å². The van der Waals surface area contributed by atoms with Crippen molar-refractivity contribution in [2.75, 3.05) is 12.3 Å². The Kier molecular flexibility index (Phi) is 3.17. The quantitative estimate of drug-likeness (QED) is 0.627. The van der Waals surface area contributed by atoms with Gasteiger partial charge in [0.2, 0.25) is 0 Å². The van der Waals surface area contributed by atoms with Gasteiger partial charge in [-0.05, 0) is 12.5 Å². The van der Waals surface area contributed by atoms with Crippen molar-refractivity contribution in [2.24, 2.45) is 0 Å². The zero-order valence-corrected chi connectivity index (χ0v) is 9.30. The van der Waals surface area contributed by atoms with E-state index in [-0.39, 0.29) is 17.7 Å². The van der Waals surface area contributed by atoms with E-state index in [0.29, 0.717) is 6.42 Å². The van der Waals surface area contributed by atoms with E-state index in [4.69, 9.17) is 10.8 Å². The summed E-state index contributed by atoms with van der Waals surface area (Å²) in [7, 11) is 0. The number of aliphatic hydroxyl groups excluding tert-OH is 2. The van der Waals surface area contributed by atoms with E-state index >= 15 is 0 Å². The van der Waals surface area contributed by atoms with Crippen molar-refractivity contribution in [1.82, 2.24) is 9.55 Å². The second-order valence-electron chi connectivity index (χ2n) is 3.68. The van der Waals surface area contributed by atoms with Crippen LogP contribution in [0.2, 0.25) is 0 Å². The van der Waals surface area contributed by atoms with Gasteiger partial charge in [0.25, 0.3) is 0 Å². The van der Waals surface area contributed by atoms with E-state index in [2.05, 4.69) is 4.98 Å². The summed E-state index contributed by atoms with van der Waals surface area (Å²) < 4.78 is 1.35. The SMILES string of the molecule is Nc1ccn(C2S[C@H](CO)CC2O)c(=O)n1. The Hall–Kier alpha value is -1.05. The maximum atomic E-state index is 11.6. The lowest BCUT2D eigenvalue weighted by molar-refractivity contribution is 0.142. The van der Waals surface area contributed by atoms with E-state index in [9.17, 15) is 9.90 Å². The summed E-state index contributed by atoms with van der Waals surface area (Å²) in [6, 6.07) is 1.51. The Morgan fingerprint density at radius 2 is 2.44 bits per heavy atom. The zero-order chi connectivity index (χ0) is 11.7. The molecular weight excluding hydrogens is 230 g/mol. The second kappa shape index (κ2) is 4.44. The van der Waals surface area contributed by atoms with E-state index in [1.54, 1.807) is 0 Å². The molecule has 1 saturated heterocycles. The Balaban J connectivity index is 2.28. The summed E-state index contributed by atoms with van der Waals surface area (Å²) in [4.78, 5) is 15.2. The fourth-order valence-corrected chi connectivity index (χ4v) is 3.09. The number of hydrogen-bond donors (Lipinski definition) is 3. The first-order chi connectivity index (χ1) is 7.61. The Labute approximate surface area is 96.1 Å². The molecule has 1 aliphatic rings. The van der Waals surface area contributed by atoms with Crippen LogP contribution in [0, 0.1) is 0 Å². The van der Waals surface area contributed by atoms with Crippen LogP contribution in [0.1, 0.15) is 11.8 Å². The minimum atomic E-state index is -0.648. The molecule has 2 unspecified atom stereocenters. The molecule has 4 N–H and O–H groups in total. The number of rotatable bonds is 2. The molecule has 1 aromatic heterocycles. The van der Waals surface area contributed by atoms with Crippen LogP contribution in [0.25, 0.3) is 0 Å². The fraction of sp³-hybridized carbons (Fsp3) is 0.556. The highest BCUT2D eigenvalue weighted by molar-refractivity contribution is 8.00. The molecule has 3 atom stereocenters. The minimum Gasteiger partial charge on any atom is -0.395 e. The number of nitrogens with zero attached hydrogens (tertiary/aromatic N) is 2. The number of aromatic nitrogens is 2. The smallest absolute Gasteiger partial charge is 0.350 e. The summed E-state index contributed by atoms with van der Waals surface area (Å²) in [5.41, 5.74) is 4.90. The summed E-state index contributed by atoms with van der Waals surface area (Å²) >= 11 is 1.37. The van der Waals surface area contributed by atoms with Gasteiger partial charge in [0.05, 0.1) is 12.7 Å². The van der Waals surface area contributed by atoms with Gasteiger partial charge >= 0.3 is 5.69 Å². The largest absolute Gasteiger partial charge is 0.395 e. The normalized spacial score (nSPS) is 29.5. The highest BCUT2D eigenvalue weighted by Crippen LogP contribution is 2.40. The van der Waals surface area contributed by atoms with Gasteiger partial charge in [-0.2, -0.15) is 4.98 Å². The molecule has 6 nitrogen and oxygen atoms in total. The summed E-state index contributed by atoms with van der Waals surface area (Å²) in [6.07, 6.45) is 1.35. The van der Waals surface area contributed by atoms with Gasteiger partial charge in [-0.15, -0.1) is 11.8 Å². The lowest BCUT2D eigenvalue weighted by Gasteiger charge is -2.16. The number of aliphatic hydroxyl groups is 2. The number of nitrogens with two attached hydrogens (primary N) is 1. The van der Waals surface area contributed by atoms with Crippen molar-refractivity contribution in [3.05, 3.63) is 22.7 Å². The van der Waals surface area contributed by atoms with Crippen LogP contribution >= 0.6 is 11.8 Å². The fourth-order valence-electron chi connectivity index (χ4n) is 1.72. The van der Waals surface area contributed by atoms with Crippen LogP contribution in [0.5, 0.6) is 0 Å². The number of thioether (sulfide) groups is 1. The topological polar surface area (TPSA) is 101 Å². The van der Waals surface area contributed by atoms with Crippen LogP contribution in [-0.4, -0.2) is 37.7 Å². The average Bonchev–Trinajstić information content (AvgIpc) is 2.60. The molecule has 0 aromatic carbocycles. The third kappa shape index (κ3) is 2.06. The van der Waals surface area contributed by atoms with Gasteiger partial charge in [0.15, 0.2) is 0 Å². The van der Waals surface area contributed by atoms with E-state index in [1.165, 1.54) is 28.6 Å². The van der Waals surface area contributed by atoms with Crippen molar-refractivity contribution in [3.8, 4) is 0 Å². The molecular formula is C9H13N3O3S. The number of anilines is 1. The lowest BCUT2D eigenvalue weighted by Crippen LogP contribution is -2.29. The van der Waals surface area contributed by atoms with Gasteiger partial charge < -0.3 is 15.9 Å². The first-order valence-electron chi connectivity index (χ1n) is 4.91. The summed E-state index contributed by atoms with van der Waals surface area (Å²) in [5.74, 6) is 0.164. The molecule has 0 amide bonds. The van der Waals surface area contributed by atoms with Gasteiger partial charge in [-0.1, -0.05) is 0 Å². The predicted octanol–water partition coefficient (Wildman–Crippen LogP) is -0.817. The molecule has 16 heavy (non-hydrogen) atoms. The molecule has 1 aliphatic heterocycles. The third-order valence-corrected chi connectivity index (χ3v) is 4.04. The highest BCUT2D eigenvalue weighted by atomic mass is 32.2. The van der Waals surface area contributed by atoms with E-state index < -0.39 is 17.2 Å². The molecule has 7 heteroatoms. The Morgan fingerprint density at radius 3 is 3.00 bits per heavy atom. The summed E-state index contributed by atoms with van der Waals surface area (Å²) in [6.45, 7) is -0.00459. The maximum Gasteiger partial charge on any atom is 0.350 e. The molecule has 1 fully saturated rings. The van der Waals surface area contributed by atoms with E-state index in [0.717, 1.165) is 0 Å². The van der Waals surface area contributed by atoms with Gasteiger partial charge in [0, 0.05) is 11.4 Å². The number of hydrogen-bond acceptors (Lipinski definition) is 6. The number of nitrogen functional groups attached to an aromatic ring is 1. The van der Waals surface area contributed by atoms with Crippen LogP contribution in [-0.2, 0) is 0 Å². The Morgan fingerprint density at radius 1 is 1.69 bits per heavy atom. The van der Waals surface area contributed by atoms with Gasteiger partial charge in [-0.25, -0.2) is 4.79 Å². The van der Waals surface area contributed by atoms with Crippen molar-refractivity contribution in [1.29, 1.82) is 0 Å².